The van der Waals surface area contributed by atoms with Gasteiger partial charge in [0.05, 0.1) is 18.7 Å². The number of anilines is 1. The van der Waals surface area contributed by atoms with Crippen molar-refractivity contribution >= 4 is 11.7 Å². The van der Waals surface area contributed by atoms with Crippen LogP contribution in [0.15, 0.2) is 54.6 Å². The third kappa shape index (κ3) is 4.69. The molecule has 3 heterocycles. The molecule has 8 heteroatoms. The van der Waals surface area contributed by atoms with Crippen molar-refractivity contribution in [3.63, 3.8) is 0 Å². The first-order valence-electron chi connectivity index (χ1n) is 11.2. The molecule has 2 aliphatic rings. The van der Waals surface area contributed by atoms with Gasteiger partial charge < -0.3 is 24.0 Å². The molecule has 1 amide bonds. The molecule has 0 atom stereocenters. The van der Waals surface area contributed by atoms with Gasteiger partial charge in [0.2, 0.25) is 12.7 Å². The van der Waals surface area contributed by atoms with E-state index in [4.69, 9.17) is 14.2 Å². The summed E-state index contributed by atoms with van der Waals surface area (Å²) in [5, 5.41) is 8.82. The SMILES string of the molecule is CCOc1ccc(CC(=O)N2CCN(c3ccc(-c4ccc5c(c4)OCO5)nn3)CC2)cc1. The first kappa shape index (κ1) is 21.1. The van der Waals surface area contributed by atoms with E-state index in [1.54, 1.807) is 0 Å². The molecular weight excluding hydrogens is 420 g/mol. The lowest BCUT2D eigenvalue weighted by Crippen LogP contribution is -2.49. The molecule has 8 nitrogen and oxygen atoms in total. The number of benzene rings is 2. The lowest BCUT2D eigenvalue weighted by molar-refractivity contribution is -0.130. The first-order chi connectivity index (χ1) is 16.2. The van der Waals surface area contributed by atoms with E-state index in [1.807, 2.05) is 66.4 Å². The number of nitrogens with zero attached hydrogens (tertiary/aromatic N) is 4. The van der Waals surface area contributed by atoms with Gasteiger partial charge in [-0.25, -0.2) is 0 Å². The van der Waals surface area contributed by atoms with E-state index in [9.17, 15) is 4.79 Å². The van der Waals surface area contributed by atoms with Crippen molar-refractivity contribution in [2.24, 2.45) is 0 Å². The molecule has 5 rings (SSSR count). The average Bonchev–Trinajstić information content (AvgIpc) is 3.34. The van der Waals surface area contributed by atoms with Crippen molar-refractivity contribution in [3.8, 4) is 28.5 Å². The molecule has 1 fully saturated rings. The molecule has 2 aliphatic heterocycles. The van der Waals surface area contributed by atoms with Crippen LogP contribution in [0.2, 0.25) is 0 Å². The number of ether oxygens (including phenoxy) is 3. The number of carbonyl (C=O) groups excluding carboxylic acids is 1. The zero-order valence-electron chi connectivity index (χ0n) is 18.6. The predicted molar refractivity (Wildman–Crippen MR) is 124 cm³/mol. The summed E-state index contributed by atoms with van der Waals surface area (Å²) in [5.74, 6) is 3.26. The van der Waals surface area contributed by atoms with Crippen LogP contribution in [0, 0.1) is 0 Å². The van der Waals surface area contributed by atoms with Gasteiger partial charge in [-0.2, -0.15) is 0 Å². The van der Waals surface area contributed by atoms with Gasteiger partial charge in [-0.05, 0) is 55.0 Å². The van der Waals surface area contributed by atoms with Crippen molar-refractivity contribution < 1.29 is 19.0 Å². The van der Waals surface area contributed by atoms with Crippen molar-refractivity contribution in [2.45, 2.75) is 13.3 Å². The molecule has 2 aromatic carbocycles. The number of amides is 1. The molecule has 33 heavy (non-hydrogen) atoms. The summed E-state index contributed by atoms with van der Waals surface area (Å²) in [7, 11) is 0. The fraction of sp³-hybridized carbons (Fsp3) is 0.320. The summed E-state index contributed by atoms with van der Waals surface area (Å²) in [5.41, 5.74) is 2.71. The van der Waals surface area contributed by atoms with Crippen molar-refractivity contribution in [1.82, 2.24) is 15.1 Å². The summed E-state index contributed by atoms with van der Waals surface area (Å²) in [4.78, 5) is 16.8. The summed E-state index contributed by atoms with van der Waals surface area (Å²) >= 11 is 0. The quantitative estimate of drug-likeness (QED) is 0.576. The topological polar surface area (TPSA) is 77.0 Å². The summed E-state index contributed by atoms with van der Waals surface area (Å²) in [6, 6.07) is 17.4. The van der Waals surface area contributed by atoms with Gasteiger partial charge in [0, 0.05) is 31.7 Å². The average molecular weight is 447 g/mol. The molecule has 0 radical (unpaired) electrons. The molecule has 0 saturated carbocycles. The third-order valence-corrected chi connectivity index (χ3v) is 5.86. The maximum absolute atomic E-state index is 12.7. The molecule has 0 unspecified atom stereocenters. The summed E-state index contributed by atoms with van der Waals surface area (Å²) in [6.07, 6.45) is 0.399. The molecule has 0 aliphatic carbocycles. The number of carbonyl (C=O) groups is 1. The van der Waals surface area contributed by atoms with E-state index in [0.29, 0.717) is 26.1 Å². The van der Waals surface area contributed by atoms with E-state index < -0.39 is 0 Å². The molecule has 0 N–H and O–H groups in total. The summed E-state index contributed by atoms with van der Waals surface area (Å²) < 4.78 is 16.3. The van der Waals surface area contributed by atoms with E-state index in [-0.39, 0.29) is 12.7 Å². The maximum atomic E-state index is 12.7. The molecule has 0 bridgehead atoms. The van der Waals surface area contributed by atoms with Gasteiger partial charge in [-0.15, -0.1) is 10.2 Å². The lowest BCUT2D eigenvalue weighted by Gasteiger charge is -2.35. The monoisotopic (exact) mass is 446 g/mol. The van der Waals surface area contributed by atoms with Gasteiger partial charge in [0.1, 0.15) is 5.75 Å². The lowest BCUT2D eigenvalue weighted by atomic mass is 10.1. The number of fused-ring (bicyclic) bond motifs is 1. The Bertz CT molecular complexity index is 1110. The minimum atomic E-state index is 0.142. The van der Waals surface area contributed by atoms with Crippen LogP contribution in [-0.2, 0) is 11.2 Å². The minimum Gasteiger partial charge on any atom is -0.494 e. The van der Waals surface area contributed by atoms with Crippen LogP contribution >= 0.6 is 0 Å². The third-order valence-electron chi connectivity index (χ3n) is 5.86. The second-order valence-electron chi connectivity index (χ2n) is 7.97. The van der Waals surface area contributed by atoms with E-state index in [1.165, 1.54) is 0 Å². The van der Waals surface area contributed by atoms with Crippen LogP contribution in [0.25, 0.3) is 11.3 Å². The number of rotatable bonds is 6. The molecular formula is C25H26N4O4. The van der Waals surface area contributed by atoms with Crippen molar-refractivity contribution in [2.75, 3.05) is 44.5 Å². The van der Waals surface area contributed by atoms with E-state index in [0.717, 1.165) is 53.0 Å². The molecule has 1 saturated heterocycles. The van der Waals surface area contributed by atoms with Crippen LogP contribution in [0.1, 0.15) is 12.5 Å². The van der Waals surface area contributed by atoms with Crippen LogP contribution in [0.3, 0.4) is 0 Å². The standard InChI is InChI=1S/C25H26N4O4/c1-2-31-20-6-3-18(4-7-20)15-25(30)29-13-11-28(12-14-29)24-10-8-21(26-27-24)19-5-9-22-23(16-19)33-17-32-22/h3-10,16H,2,11-15,17H2,1H3. The second kappa shape index (κ2) is 9.36. The minimum absolute atomic E-state index is 0.142. The van der Waals surface area contributed by atoms with Crippen LogP contribution in [0.5, 0.6) is 17.2 Å². The van der Waals surface area contributed by atoms with Gasteiger partial charge >= 0.3 is 0 Å². The number of aromatic nitrogens is 2. The Morgan fingerprint density at radius 1 is 0.939 bits per heavy atom. The zero-order chi connectivity index (χ0) is 22.6. The second-order valence-corrected chi connectivity index (χ2v) is 7.97. The Kier molecular flexibility index (Phi) is 5.97. The van der Waals surface area contributed by atoms with Crippen molar-refractivity contribution in [1.29, 1.82) is 0 Å². The van der Waals surface area contributed by atoms with E-state index in [2.05, 4.69) is 15.1 Å². The van der Waals surface area contributed by atoms with Crippen molar-refractivity contribution in [3.05, 3.63) is 60.2 Å². The van der Waals surface area contributed by atoms with Gasteiger partial charge in [-0.3, -0.25) is 4.79 Å². The Labute approximate surface area is 192 Å². The zero-order valence-corrected chi connectivity index (χ0v) is 18.6. The number of hydrogen-bond acceptors (Lipinski definition) is 7. The highest BCUT2D eigenvalue weighted by Crippen LogP contribution is 2.35. The highest BCUT2D eigenvalue weighted by atomic mass is 16.7. The maximum Gasteiger partial charge on any atom is 0.231 e. The van der Waals surface area contributed by atoms with Gasteiger partial charge in [-0.1, -0.05) is 12.1 Å². The largest absolute Gasteiger partial charge is 0.494 e. The Balaban J connectivity index is 1.16. The van der Waals surface area contributed by atoms with Gasteiger partial charge in [0.25, 0.3) is 0 Å². The fourth-order valence-corrected chi connectivity index (χ4v) is 4.05. The van der Waals surface area contributed by atoms with Gasteiger partial charge in [0.15, 0.2) is 17.3 Å². The Hall–Kier alpha value is -3.81. The van der Waals surface area contributed by atoms with Crippen LogP contribution in [0.4, 0.5) is 5.82 Å². The molecule has 3 aromatic rings. The molecule has 1 aromatic heterocycles. The molecule has 0 spiro atoms. The highest BCUT2D eigenvalue weighted by Gasteiger charge is 2.22. The van der Waals surface area contributed by atoms with Crippen LogP contribution < -0.4 is 19.1 Å². The smallest absolute Gasteiger partial charge is 0.231 e. The highest BCUT2D eigenvalue weighted by molar-refractivity contribution is 5.79. The van der Waals surface area contributed by atoms with E-state index >= 15 is 0 Å². The number of hydrogen-bond donors (Lipinski definition) is 0. The Morgan fingerprint density at radius 3 is 2.45 bits per heavy atom. The number of piperazine rings is 1. The normalized spacial score (nSPS) is 14.9. The molecule has 170 valence electrons. The van der Waals surface area contributed by atoms with Crippen LogP contribution in [-0.4, -0.2) is 60.6 Å². The first-order valence-corrected chi connectivity index (χ1v) is 11.2. The Morgan fingerprint density at radius 2 is 1.73 bits per heavy atom. The summed E-state index contributed by atoms with van der Waals surface area (Å²) in [6.45, 7) is 5.63. The predicted octanol–water partition coefficient (Wildman–Crippen LogP) is 3.16. The fourth-order valence-electron chi connectivity index (χ4n) is 4.05.